The van der Waals surface area contributed by atoms with Crippen LogP contribution >= 0.6 is 0 Å². The molecule has 0 aliphatic heterocycles. The number of carbonyl (C=O) groups is 2. The third-order valence-electron chi connectivity index (χ3n) is 8.69. The normalized spacial score (nSPS) is 10.9. The molecule has 54 heavy (non-hydrogen) atoms. The fraction of sp³-hybridized carbons (Fsp3) is 0.302. The fourth-order valence-corrected chi connectivity index (χ4v) is 5.70. The van der Waals surface area contributed by atoms with Gasteiger partial charge in [0.05, 0.1) is 26.4 Å². The highest BCUT2D eigenvalue weighted by atomic mass is 16.5. The molecule has 284 valence electrons. The molecular weight excluding hydrogens is 690 g/mol. The fourth-order valence-electron chi connectivity index (χ4n) is 5.70. The molecular formula is C43H47NO10. The molecule has 1 aromatic heterocycles. The average molecular weight is 738 g/mol. The second-order valence-corrected chi connectivity index (χ2v) is 12.7. The van der Waals surface area contributed by atoms with Gasteiger partial charge in [0.1, 0.15) is 23.0 Å². The topological polar surface area (TPSA) is 135 Å². The maximum atomic E-state index is 11.1. The van der Waals surface area contributed by atoms with Gasteiger partial charge in [-0.15, -0.1) is 0 Å². The van der Waals surface area contributed by atoms with Crippen molar-refractivity contribution in [3.8, 4) is 46.3 Å². The number of hydrogen-bond donors (Lipinski definition) is 2. The van der Waals surface area contributed by atoms with Gasteiger partial charge in [-0.3, -0.25) is 4.57 Å². The number of esters is 2. The summed E-state index contributed by atoms with van der Waals surface area (Å²) in [6.45, 7) is 8.72. The number of carbonyl (C=O) groups excluding carboxylic acids is 2. The molecule has 2 N–H and O–H groups in total. The number of nitrogens with zero attached hydrogens (tertiary/aromatic N) is 1. The Kier molecular flexibility index (Phi) is 14.2. The first-order chi connectivity index (χ1) is 26.2. The summed E-state index contributed by atoms with van der Waals surface area (Å²) in [4.78, 5) is 22.2. The molecule has 0 aliphatic rings. The van der Waals surface area contributed by atoms with Crippen LogP contribution in [0.15, 0.2) is 98.1 Å². The van der Waals surface area contributed by atoms with Crippen molar-refractivity contribution in [3.63, 3.8) is 0 Å². The molecule has 0 bridgehead atoms. The van der Waals surface area contributed by atoms with Gasteiger partial charge in [0.15, 0.2) is 0 Å². The van der Waals surface area contributed by atoms with E-state index in [1.807, 2.05) is 60.7 Å². The minimum absolute atomic E-state index is 0.0187. The first kappa shape index (κ1) is 39.1. The molecule has 1 heterocycles. The zero-order chi connectivity index (χ0) is 38.3. The molecule has 0 fully saturated rings. The zero-order valence-corrected chi connectivity index (χ0v) is 30.6. The van der Waals surface area contributed by atoms with Gasteiger partial charge in [0.2, 0.25) is 23.3 Å². The van der Waals surface area contributed by atoms with Crippen molar-refractivity contribution >= 4 is 33.5 Å². The van der Waals surface area contributed by atoms with Gasteiger partial charge in [-0.1, -0.05) is 37.4 Å². The molecule has 5 aromatic rings. The van der Waals surface area contributed by atoms with Crippen LogP contribution in [0.3, 0.4) is 0 Å². The largest absolute Gasteiger partial charge is 0.494 e. The second-order valence-electron chi connectivity index (χ2n) is 12.7. The lowest BCUT2D eigenvalue weighted by atomic mass is 10.1. The molecule has 0 amide bonds. The van der Waals surface area contributed by atoms with E-state index in [9.17, 15) is 19.8 Å². The summed E-state index contributed by atoms with van der Waals surface area (Å²) >= 11 is 0. The van der Waals surface area contributed by atoms with Gasteiger partial charge < -0.3 is 38.6 Å². The van der Waals surface area contributed by atoms with Crippen molar-refractivity contribution in [3.05, 3.63) is 98.1 Å². The van der Waals surface area contributed by atoms with E-state index in [2.05, 4.69) is 13.2 Å². The van der Waals surface area contributed by atoms with Crippen LogP contribution in [-0.2, 0) is 26.1 Å². The smallest absolute Gasteiger partial charge is 0.330 e. The number of benzene rings is 4. The summed E-state index contributed by atoms with van der Waals surface area (Å²) in [5.74, 6) is 0.993. The van der Waals surface area contributed by atoms with Crippen molar-refractivity contribution in [2.45, 2.75) is 51.4 Å². The predicted octanol–water partition coefficient (Wildman–Crippen LogP) is 9.66. The number of hydrogen-bond acceptors (Lipinski definition) is 10. The maximum Gasteiger partial charge on any atom is 0.330 e. The quantitative estimate of drug-likeness (QED) is 0.0402. The number of aromatic hydroxyl groups is 2. The van der Waals surface area contributed by atoms with Crippen molar-refractivity contribution in [1.29, 1.82) is 0 Å². The Bertz CT molecular complexity index is 1920. The van der Waals surface area contributed by atoms with E-state index in [0.29, 0.717) is 37.9 Å². The molecule has 11 nitrogen and oxygen atoms in total. The number of fused-ring (bicyclic) bond motifs is 2. The van der Waals surface area contributed by atoms with Crippen LogP contribution in [0.1, 0.15) is 51.4 Å². The Labute approximate surface area is 314 Å². The Morgan fingerprint density at radius 2 is 0.870 bits per heavy atom. The van der Waals surface area contributed by atoms with Gasteiger partial charge in [-0.2, -0.15) is 0 Å². The van der Waals surface area contributed by atoms with Crippen molar-refractivity contribution in [2.75, 3.05) is 26.4 Å². The van der Waals surface area contributed by atoms with Gasteiger partial charge in [0.25, 0.3) is 0 Å². The van der Waals surface area contributed by atoms with E-state index in [0.717, 1.165) is 84.4 Å². The van der Waals surface area contributed by atoms with Crippen LogP contribution < -0.4 is 18.9 Å². The van der Waals surface area contributed by atoms with E-state index < -0.39 is 11.9 Å². The SMILES string of the molecule is C=CC(=O)OCCCCCCOc1ccc2cc(Oc3c(Oc4ccc5cc(OCCCCCCOC(=O)C=C)ccc5c4)c(O)n(C)c3O)ccc2c1. The van der Waals surface area contributed by atoms with E-state index in [1.165, 1.54) is 23.8 Å². The van der Waals surface area contributed by atoms with Crippen LogP contribution in [0, 0.1) is 0 Å². The summed E-state index contributed by atoms with van der Waals surface area (Å²) in [5, 5.41) is 25.5. The standard InChI is InChI=1S/C43H47NO10/c1-4-38(45)51-24-12-8-6-10-22-49-34-18-14-32-28-36(20-16-30(32)26-34)53-40-41(43(48)44(3)42(40)47)54-37-21-17-31-27-35(19-15-33(31)29-37)50-23-11-7-9-13-25-52-39(46)5-2/h4-5,14-21,26-29,47-48H,1-2,6-13,22-25H2,3H3. The molecule has 0 saturated carbocycles. The number of unbranched alkanes of at least 4 members (excludes halogenated alkanes) is 6. The minimum atomic E-state index is -0.396. The van der Waals surface area contributed by atoms with Crippen LogP contribution in [0.4, 0.5) is 0 Å². The van der Waals surface area contributed by atoms with Crippen molar-refractivity contribution < 1.29 is 48.2 Å². The molecule has 0 spiro atoms. The van der Waals surface area contributed by atoms with E-state index >= 15 is 0 Å². The Morgan fingerprint density at radius 3 is 1.24 bits per heavy atom. The lowest BCUT2D eigenvalue weighted by Gasteiger charge is -2.12. The first-order valence-electron chi connectivity index (χ1n) is 18.1. The van der Waals surface area contributed by atoms with Crippen LogP contribution in [0.5, 0.6) is 46.3 Å². The highest BCUT2D eigenvalue weighted by Gasteiger charge is 2.25. The Hall–Kier alpha value is -6.10. The highest BCUT2D eigenvalue weighted by molar-refractivity contribution is 5.86. The third-order valence-corrected chi connectivity index (χ3v) is 8.69. The molecule has 5 rings (SSSR count). The maximum absolute atomic E-state index is 11.1. The minimum Gasteiger partial charge on any atom is -0.494 e. The second kappa shape index (κ2) is 19.7. The third kappa shape index (κ3) is 11.0. The van der Waals surface area contributed by atoms with Gasteiger partial charge >= 0.3 is 11.9 Å². The number of rotatable bonds is 22. The molecule has 0 saturated heterocycles. The van der Waals surface area contributed by atoms with E-state index in [-0.39, 0.29) is 23.3 Å². The van der Waals surface area contributed by atoms with Crippen molar-refractivity contribution in [1.82, 2.24) is 4.57 Å². The van der Waals surface area contributed by atoms with E-state index in [1.54, 1.807) is 12.1 Å². The monoisotopic (exact) mass is 737 g/mol. The molecule has 0 unspecified atom stereocenters. The lowest BCUT2D eigenvalue weighted by molar-refractivity contribution is -0.138. The summed E-state index contributed by atoms with van der Waals surface area (Å²) in [6, 6.07) is 22.6. The molecule has 0 atom stereocenters. The van der Waals surface area contributed by atoms with Gasteiger partial charge in [-0.25, -0.2) is 9.59 Å². The number of aromatic nitrogens is 1. The number of ether oxygens (including phenoxy) is 6. The van der Waals surface area contributed by atoms with Crippen LogP contribution in [0.25, 0.3) is 21.5 Å². The molecule has 0 radical (unpaired) electrons. The van der Waals surface area contributed by atoms with Crippen LogP contribution in [0.2, 0.25) is 0 Å². The predicted molar refractivity (Wildman–Crippen MR) is 207 cm³/mol. The van der Waals surface area contributed by atoms with Gasteiger partial charge in [-0.05, 0) is 121 Å². The van der Waals surface area contributed by atoms with E-state index in [4.69, 9.17) is 28.4 Å². The van der Waals surface area contributed by atoms with Crippen molar-refractivity contribution in [2.24, 2.45) is 7.05 Å². The summed E-state index contributed by atoms with van der Waals surface area (Å²) < 4.78 is 35.3. The Balaban J connectivity index is 1.14. The summed E-state index contributed by atoms with van der Waals surface area (Å²) in [5.41, 5.74) is 0. The Morgan fingerprint density at radius 1 is 0.537 bits per heavy atom. The summed E-state index contributed by atoms with van der Waals surface area (Å²) in [7, 11) is 1.51. The highest BCUT2D eigenvalue weighted by Crippen LogP contribution is 2.50. The zero-order valence-electron chi connectivity index (χ0n) is 30.6. The van der Waals surface area contributed by atoms with Gasteiger partial charge in [0, 0.05) is 19.2 Å². The van der Waals surface area contributed by atoms with Crippen LogP contribution in [-0.4, -0.2) is 53.1 Å². The molecule has 0 aliphatic carbocycles. The summed E-state index contributed by atoms with van der Waals surface area (Å²) in [6.07, 6.45) is 9.53. The first-order valence-corrected chi connectivity index (χ1v) is 18.1. The molecule has 4 aromatic carbocycles. The molecule has 11 heteroatoms. The average Bonchev–Trinajstić information content (AvgIpc) is 3.38. The lowest BCUT2D eigenvalue weighted by Crippen LogP contribution is -2.02.